The number of ether oxygens (including phenoxy) is 1. The van der Waals surface area contributed by atoms with Crippen LogP contribution in [0.15, 0.2) is 11.7 Å². The van der Waals surface area contributed by atoms with E-state index in [1.54, 1.807) is 16.2 Å². The zero-order chi connectivity index (χ0) is 18.4. The van der Waals surface area contributed by atoms with Crippen molar-refractivity contribution in [1.29, 1.82) is 0 Å². The highest BCUT2D eigenvalue weighted by Crippen LogP contribution is 2.21. The summed E-state index contributed by atoms with van der Waals surface area (Å²) in [4.78, 5) is 33.9. The van der Waals surface area contributed by atoms with Gasteiger partial charge in [0.05, 0.1) is 12.6 Å². The molecule has 1 atom stereocenters. The first-order valence-corrected chi connectivity index (χ1v) is 10.3. The number of carbonyl (C=O) groups excluding carboxylic acids is 2. The summed E-state index contributed by atoms with van der Waals surface area (Å²) in [7, 11) is 1.37. The molecule has 0 saturated carbocycles. The number of nitrogens with zero attached hydrogens (tertiary/aromatic N) is 3. The lowest BCUT2D eigenvalue weighted by Gasteiger charge is -2.35. The monoisotopic (exact) mass is 380 g/mol. The molecule has 1 unspecified atom stereocenters. The summed E-state index contributed by atoms with van der Waals surface area (Å²) in [6, 6.07) is -0.386. The van der Waals surface area contributed by atoms with Gasteiger partial charge >= 0.3 is 6.09 Å². The second-order valence-corrected chi connectivity index (χ2v) is 8.08. The molecule has 2 fully saturated rings. The maximum absolute atomic E-state index is 12.6. The third-order valence-corrected chi connectivity index (χ3v) is 6.11. The Morgan fingerprint density at radius 3 is 2.77 bits per heavy atom. The van der Waals surface area contributed by atoms with Gasteiger partial charge in [-0.15, -0.1) is 11.3 Å². The van der Waals surface area contributed by atoms with E-state index >= 15 is 0 Å². The van der Waals surface area contributed by atoms with E-state index in [0.29, 0.717) is 25.4 Å². The van der Waals surface area contributed by atoms with Crippen molar-refractivity contribution in [3.8, 4) is 0 Å². The summed E-state index contributed by atoms with van der Waals surface area (Å²) in [5.74, 6) is 0.467. The Bertz CT molecular complexity index is 587. The Labute approximate surface area is 158 Å². The minimum Gasteiger partial charge on any atom is -0.453 e. The van der Waals surface area contributed by atoms with Gasteiger partial charge in [-0.3, -0.25) is 19.6 Å². The van der Waals surface area contributed by atoms with Gasteiger partial charge < -0.3 is 10.1 Å². The fraction of sp³-hybridized carbons (Fsp3) is 0.722. The molecule has 1 N–H and O–H groups in total. The van der Waals surface area contributed by atoms with Crippen LogP contribution >= 0.6 is 11.3 Å². The van der Waals surface area contributed by atoms with Gasteiger partial charge in [0.1, 0.15) is 6.04 Å². The molecule has 1 aromatic heterocycles. The van der Waals surface area contributed by atoms with Gasteiger partial charge in [0.25, 0.3) is 0 Å². The van der Waals surface area contributed by atoms with Crippen LogP contribution in [-0.2, 0) is 16.1 Å². The lowest BCUT2D eigenvalue weighted by molar-refractivity contribution is -0.127. The molecule has 2 aliphatic heterocycles. The summed E-state index contributed by atoms with van der Waals surface area (Å²) in [5.41, 5.74) is 1.88. The Kier molecular flexibility index (Phi) is 6.85. The number of methoxy groups -OCH3 is 1. The van der Waals surface area contributed by atoms with Gasteiger partial charge in [0.15, 0.2) is 0 Å². The molecule has 2 aliphatic rings. The standard InChI is InChI=1S/C18H28N4O3S/c1-25-18(24)22-7-3-2-4-16(22)17(23)20-10-14-5-8-21(9-6-14)12-15-11-19-13-26-15/h11,13-14,16H,2-10,12H2,1H3,(H,20,23). The predicted octanol–water partition coefficient (Wildman–Crippen LogP) is 2.09. The van der Waals surface area contributed by atoms with Crippen molar-refractivity contribution in [3.63, 3.8) is 0 Å². The van der Waals surface area contributed by atoms with Crippen molar-refractivity contribution in [1.82, 2.24) is 20.1 Å². The SMILES string of the molecule is COC(=O)N1CCCCC1C(=O)NCC1CCN(Cc2cncs2)CC1. The second-order valence-electron chi connectivity index (χ2n) is 7.11. The number of rotatable bonds is 5. The number of carbonyl (C=O) groups is 2. The van der Waals surface area contributed by atoms with Crippen LogP contribution in [0, 0.1) is 5.92 Å². The molecule has 26 heavy (non-hydrogen) atoms. The van der Waals surface area contributed by atoms with E-state index in [2.05, 4.69) is 15.2 Å². The lowest BCUT2D eigenvalue weighted by atomic mass is 9.96. The molecule has 8 heteroatoms. The molecule has 3 heterocycles. The molecule has 3 rings (SSSR count). The highest BCUT2D eigenvalue weighted by molar-refractivity contribution is 7.09. The van der Waals surface area contributed by atoms with Crippen molar-refractivity contribution in [2.45, 2.75) is 44.7 Å². The van der Waals surface area contributed by atoms with E-state index in [-0.39, 0.29) is 11.9 Å². The molecule has 0 radical (unpaired) electrons. The zero-order valence-corrected chi connectivity index (χ0v) is 16.2. The second kappa shape index (κ2) is 9.32. The van der Waals surface area contributed by atoms with E-state index in [1.165, 1.54) is 12.0 Å². The molecule has 0 bridgehead atoms. The molecular weight excluding hydrogens is 352 g/mol. The fourth-order valence-corrected chi connectivity index (χ4v) is 4.43. The van der Waals surface area contributed by atoms with Crippen LogP contribution in [0.5, 0.6) is 0 Å². The van der Waals surface area contributed by atoms with Crippen molar-refractivity contribution >= 4 is 23.3 Å². The number of nitrogens with one attached hydrogen (secondary N) is 1. The van der Waals surface area contributed by atoms with E-state index in [9.17, 15) is 9.59 Å². The van der Waals surface area contributed by atoms with Crippen LogP contribution in [0.25, 0.3) is 0 Å². The normalized spacial score (nSPS) is 22.2. The minimum atomic E-state index is -0.402. The van der Waals surface area contributed by atoms with Gasteiger partial charge in [-0.2, -0.15) is 0 Å². The number of thiazole rings is 1. The average molecular weight is 381 g/mol. The number of hydrogen-bond acceptors (Lipinski definition) is 6. The molecule has 7 nitrogen and oxygen atoms in total. The van der Waals surface area contributed by atoms with E-state index in [4.69, 9.17) is 4.74 Å². The van der Waals surface area contributed by atoms with Crippen molar-refractivity contribution in [2.24, 2.45) is 5.92 Å². The fourth-order valence-electron chi connectivity index (χ4n) is 3.79. The van der Waals surface area contributed by atoms with Crippen LogP contribution in [-0.4, -0.2) is 66.1 Å². The molecule has 144 valence electrons. The van der Waals surface area contributed by atoms with Gasteiger partial charge in [0.2, 0.25) is 5.91 Å². The summed E-state index contributed by atoms with van der Waals surface area (Å²) in [6.45, 7) is 4.37. The number of piperidine rings is 2. The van der Waals surface area contributed by atoms with Crippen LogP contribution < -0.4 is 5.32 Å². The third kappa shape index (κ3) is 4.94. The zero-order valence-electron chi connectivity index (χ0n) is 15.4. The Balaban J connectivity index is 1.41. The Morgan fingerprint density at radius 2 is 2.08 bits per heavy atom. The number of likely N-dealkylation sites (tertiary alicyclic amines) is 2. The summed E-state index contributed by atoms with van der Waals surface area (Å²) in [5, 5.41) is 3.08. The quantitative estimate of drug-likeness (QED) is 0.847. The first-order valence-electron chi connectivity index (χ1n) is 9.39. The molecule has 0 aromatic carbocycles. The maximum Gasteiger partial charge on any atom is 0.410 e. The van der Waals surface area contributed by atoms with E-state index < -0.39 is 6.09 Å². The molecule has 0 spiro atoms. The third-order valence-electron chi connectivity index (χ3n) is 5.35. The number of aromatic nitrogens is 1. The number of hydrogen-bond donors (Lipinski definition) is 1. The van der Waals surface area contributed by atoms with Crippen LogP contribution in [0.3, 0.4) is 0 Å². The first kappa shape index (κ1) is 19.1. The summed E-state index contributed by atoms with van der Waals surface area (Å²) in [6.07, 6.45) is 6.33. The summed E-state index contributed by atoms with van der Waals surface area (Å²) >= 11 is 1.70. The Morgan fingerprint density at radius 1 is 1.27 bits per heavy atom. The maximum atomic E-state index is 12.6. The largest absolute Gasteiger partial charge is 0.453 e. The average Bonchev–Trinajstić information content (AvgIpc) is 3.19. The van der Waals surface area contributed by atoms with Gasteiger partial charge in [0, 0.05) is 30.7 Å². The number of amides is 2. The van der Waals surface area contributed by atoms with Crippen LogP contribution in [0.4, 0.5) is 4.79 Å². The van der Waals surface area contributed by atoms with E-state index in [0.717, 1.165) is 45.3 Å². The topological polar surface area (TPSA) is 74.8 Å². The first-order chi connectivity index (χ1) is 12.7. The smallest absolute Gasteiger partial charge is 0.410 e. The summed E-state index contributed by atoms with van der Waals surface area (Å²) < 4.78 is 4.82. The van der Waals surface area contributed by atoms with Crippen LogP contribution in [0.1, 0.15) is 37.0 Å². The van der Waals surface area contributed by atoms with Crippen molar-refractivity contribution in [3.05, 3.63) is 16.6 Å². The van der Waals surface area contributed by atoms with Gasteiger partial charge in [-0.1, -0.05) is 0 Å². The molecule has 0 aliphatic carbocycles. The molecule has 2 saturated heterocycles. The van der Waals surface area contributed by atoms with Crippen LogP contribution in [0.2, 0.25) is 0 Å². The highest BCUT2D eigenvalue weighted by atomic mass is 32.1. The lowest BCUT2D eigenvalue weighted by Crippen LogP contribution is -2.52. The molecule has 2 amide bonds. The predicted molar refractivity (Wildman–Crippen MR) is 99.9 cm³/mol. The van der Waals surface area contributed by atoms with Crippen molar-refractivity contribution in [2.75, 3.05) is 33.3 Å². The molecule has 1 aromatic rings. The molecular formula is C18H28N4O3S. The van der Waals surface area contributed by atoms with E-state index in [1.807, 2.05) is 11.7 Å². The highest BCUT2D eigenvalue weighted by Gasteiger charge is 2.33. The minimum absolute atomic E-state index is 0.0396. The van der Waals surface area contributed by atoms with Crippen molar-refractivity contribution < 1.29 is 14.3 Å². The van der Waals surface area contributed by atoms with Gasteiger partial charge in [-0.25, -0.2) is 4.79 Å². The Hall–Kier alpha value is -1.67. The van der Waals surface area contributed by atoms with Gasteiger partial charge in [-0.05, 0) is 51.1 Å².